The zero-order chi connectivity index (χ0) is 8.53. The molecule has 0 aromatic heterocycles. The number of rotatable bonds is 3. The van der Waals surface area contributed by atoms with Crippen molar-refractivity contribution in [1.29, 1.82) is 0 Å². The van der Waals surface area contributed by atoms with Gasteiger partial charge in [-0.1, -0.05) is 6.92 Å². The van der Waals surface area contributed by atoms with Gasteiger partial charge in [-0.05, 0) is 6.42 Å². The van der Waals surface area contributed by atoms with Gasteiger partial charge in [0.2, 0.25) is 0 Å². The summed E-state index contributed by atoms with van der Waals surface area (Å²) in [4.78, 5) is 0. The molecule has 0 fully saturated rings. The maximum absolute atomic E-state index is 4.97. The molecule has 0 amide bonds. The molecule has 0 rings (SSSR count). The predicted molar refractivity (Wildman–Crippen MR) is 45.6 cm³/mol. The Morgan fingerprint density at radius 1 is 1.64 bits per heavy atom. The highest BCUT2D eigenvalue weighted by Gasteiger charge is 1.92. The van der Waals surface area contributed by atoms with Crippen LogP contribution in [0.5, 0.6) is 0 Å². The van der Waals surface area contributed by atoms with Gasteiger partial charge >= 0.3 is 0 Å². The molecule has 2 N–H and O–H groups in total. The molecule has 0 unspecified atom stereocenters. The van der Waals surface area contributed by atoms with Crippen molar-refractivity contribution in [2.24, 2.45) is 26.1 Å². The minimum atomic E-state index is 0.483. The molecule has 0 spiro atoms. The minimum Gasteiger partial charge on any atom is -0.388 e. The summed E-state index contributed by atoms with van der Waals surface area (Å²) in [6.45, 7) is 1.99. The number of nitrogens with zero attached hydrogens (tertiary/aromatic N) is 4. The molecule has 6 heteroatoms. The van der Waals surface area contributed by atoms with E-state index in [1.165, 1.54) is 0 Å². The lowest BCUT2D eigenvalue weighted by molar-refractivity contribution is 0.964. The number of amidine groups is 1. The molecule has 0 aliphatic carbocycles. The SMILES string of the molecule is [B]N=N/C(CCC)=N\N=C\N. The fraction of sp³-hybridized carbons (Fsp3) is 0.600. The van der Waals surface area contributed by atoms with E-state index >= 15 is 0 Å². The summed E-state index contributed by atoms with van der Waals surface area (Å²) < 4.78 is 0. The third-order valence-corrected chi connectivity index (χ3v) is 0.887. The van der Waals surface area contributed by atoms with Crippen molar-refractivity contribution in [3.8, 4) is 0 Å². The van der Waals surface area contributed by atoms with Crippen molar-refractivity contribution in [1.82, 2.24) is 0 Å². The number of nitrogens with two attached hydrogens (primary N) is 1. The second-order valence-electron chi connectivity index (χ2n) is 1.75. The quantitative estimate of drug-likeness (QED) is 0.207. The summed E-state index contributed by atoms with van der Waals surface area (Å²) in [5.41, 5.74) is 4.97. The van der Waals surface area contributed by atoms with Crippen LogP contribution >= 0.6 is 0 Å². The van der Waals surface area contributed by atoms with Crippen LogP contribution in [0.4, 0.5) is 0 Å². The van der Waals surface area contributed by atoms with Gasteiger partial charge in [-0.25, -0.2) is 0 Å². The molecule has 2 radical (unpaired) electrons. The molecule has 0 aromatic rings. The molecular formula is C5H10BN5. The van der Waals surface area contributed by atoms with E-state index in [0.717, 1.165) is 12.8 Å². The van der Waals surface area contributed by atoms with E-state index in [0.29, 0.717) is 12.3 Å². The summed E-state index contributed by atoms with van der Waals surface area (Å²) in [5.74, 6) is 0.483. The summed E-state index contributed by atoms with van der Waals surface area (Å²) in [6, 6.07) is 0. The normalized spacial score (nSPS) is 13.4. The molecule has 0 aliphatic rings. The average molecular weight is 151 g/mol. The van der Waals surface area contributed by atoms with Crippen molar-refractivity contribution in [3.05, 3.63) is 0 Å². The second-order valence-corrected chi connectivity index (χ2v) is 1.75. The first-order valence-corrected chi connectivity index (χ1v) is 3.26. The third kappa shape index (κ3) is 5.26. The van der Waals surface area contributed by atoms with Crippen LogP contribution in [0.1, 0.15) is 19.8 Å². The van der Waals surface area contributed by atoms with Gasteiger partial charge < -0.3 is 5.73 Å². The smallest absolute Gasteiger partial charge is 0.293 e. The molecule has 0 heterocycles. The first-order chi connectivity index (χ1) is 5.35. The lowest BCUT2D eigenvalue weighted by Gasteiger charge is -1.91. The fourth-order valence-corrected chi connectivity index (χ4v) is 0.510. The van der Waals surface area contributed by atoms with Crippen molar-refractivity contribution < 1.29 is 0 Å². The first kappa shape index (κ1) is 9.80. The Hall–Kier alpha value is -1.20. The van der Waals surface area contributed by atoms with Gasteiger partial charge in [0.05, 0.1) is 0 Å². The Balaban J connectivity index is 4.07. The summed E-state index contributed by atoms with van der Waals surface area (Å²) >= 11 is 0. The number of hydrogen-bond acceptors (Lipinski definition) is 3. The Labute approximate surface area is 66.9 Å². The lowest BCUT2D eigenvalue weighted by atomic mass is 10.3. The van der Waals surface area contributed by atoms with E-state index < -0.39 is 0 Å². The van der Waals surface area contributed by atoms with E-state index in [4.69, 9.17) is 13.7 Å². The Morgan fingerprint density at radius 2 is 2.36 bits per heavy atom. The topological polar surface area (TPSA) is 75.5 Å². The molecule has 58 valence electrons. The maximum Gasteiger partial charge on any atom is 0.293 e. The maximum atomic E-state index is 4.97. The van der Waals surface area contributed by atoms with Crippen LogP contribution in [0.25, 0.3) is 0 Å². The van der Waals surface area contributed by atoms with E-state index in [2.05, 4.69) is 20.3 Å². The van der Waals surface area contributed by atoms with Crippen LogP contribution in [0.2, 0.25) is 0 Å². The highest BCUT2D eigenvalue weighted by Crippen LogP contribution is 1.94. The summed E-state index contributed by atoms with van der Waals surface area (Å²) in [5, 5.41) is 13.7. The van der Waals surface area contributed by atoms with Crippen molar-refractivity contribution >= 4 is 20.2 Å². The van der Waals surface area contributed by atoms with Gasteiger partial charge in [-0.3, -0.25) is 5.03 Å². The van der Waals surface area contributed by atoms with Gasteiger partial charge in [0.15, 0.2) is 5.84 Å². The molecule has 0 aliphatic heterocycles. The van der Waals surface area contributed by atoms with Crippen LogP contribution in [-0.2, 0) is 0 Å². The molecule has 0 atom stereocenters. The Bertz CT molecular complexity index is 174. The van der Waals surface area contributed by atoms with Crippen LogP contribution in [0.3, 0.4) is 0 Å². The second kappa shape index (κ2) is 6.92. The van der Waals surface area contributed by atoms with Crippen molar-refractivity contribution in [2.45, 2.75) is 19.8 Å². The molecule has 11 heavy (non-hydrogen) atoms. The standard InChI is InChI=1S/C5H10BN5/c1-2-3-5(10-11-6)9-8-4-7/h4H,2-3H2,1H3,(H2,7,8)/b9-5-,11-10?. The van der Waals surface area contributed by atoms with E-state index in [1.807, 2.05) is 6.92 Å². The van der Waals surface area contributed by atoms with Gasteiger partial charge in [-0.2, -0.15) is 5.11 Å². The van der Waals surface area contributed by atoms with Gasteiger partial charge in [0, 0.05) is 6.42 Å². The Kier molecular flexibility index (Phi) is 6.17. The molecular weight excluding hydrogens is 141 g/mol. The highest BCUT2D eigenvalue weighted by molar-refractivity contribution is 6.05. The zero-order valence-corrected chi connectivity index (χ0v) is 6.44. The van der Waals surface area contributed by atoms with Crippen molar-refractivity contribution in [3.63, 3.8) is 0 Å². The third-order valence-electron chi connectivity index (χ3n) is 0.887. The lowest BCUT2D eigenvalue weighted by Crippen LogP contribution is -1.93. The fourth-order valence-electron chi connectivity index (χ4n) is 0.510. The van der Waals surface area contributed by atoms with Crippen LogP contribution in [-0.4, -0.2) is 20.2 Å². The first-order valence-electron chi connectivity index (χ1n) is 3.26. The molecule has 0 aromatic carbocycles. The van der Waals surface area contributed by atoms with Gasteiger partial charge in [-0.15, -0.1) is 10.2 Å². The summed E-state index contributed by atoms with van der Waals surface area (Å²) in [6.07, 6.45) is 2.69. The van der Waals surface area contributed by atoms with E-state index in [9.17, 15) is 0 Å². The predicted octanol–water partition coefficient (Wildman–Crippen LogP) is 0.623. The molecule has 0 saturated heterocycles. The van der Waals surface area contributed by atoms with Crippen LogP contribution < -0.4 is 5.73 Å². The molecule has 0 bridgehead atoms. The summed E-state index contributed by atoms with van der Waals surface area (Å²) in [7, 11) is 4.83. The number of hydrogen-bond donors (Lipinski definition) is 1. The van der Waals surface area contributed by atoms with Crippen LogP contribution in [0, 0.1) is 0 Å². The monoisotopic (exact) mass is 151 g/mol. The van der Waals surface area contributed by atoms with E-state index in [-0.39, 0.29) is 0 Å². The molecule has 5 nitrogen and oxygen atoms in total. The largest absolute Gasteiger partial charge is 0.388 e. The average Bonchev–Trinajstić information content (AvgIpc) is 2.01. The van der Waals surface area contributed by atoms with Gasteiger partial charge in [0.1, 0.15) is 6.34 Å². The highest BCUT2D eigenvalue weighted by atomic mass is 15.3. The molecule has 0 saturated carbocycles. The van der Waals surface area contributed by atoms with Crippen LogP contribution in [0.15, 0.2) is 20.3 Å². The zero-order valence-electron chi connectivity index (χ0n) is 6.44. The van der Waals surface area contributed by atoms with E-state index in [1.54, 1.807) is 0 Å². The van der Waals surface area contributed by atoms with Crippen molar-refractivity contribution in [2.75, 3.05) is 0 Å². The minimum absolute atomic E-state index is 0.483. The van der Waals surface area contributed by atoms with Gasteiger partial charge in [0.25, 0.3) is 7.98 Å². The Morgan fingerprint density at radius 3 is 2.82 bits per heavy atom.